The van der Waals surface area contributed by atoms with Crippen LogP contribution in [0.1, 0.15) is 38.7 Å². The van der Waals surface area contributed by atoms with E-state index in [9.17, 15) is 19.5 Å². The highest BCUT2D eigenvalue weighted by Gasteiger charge is 2.57. The third kappa shape index (κ3) is 5.46. The van der Waals surface area contributed by atoms with Crippen LogP contribution in [0.3, 0.4) is 0 Å². The molecule has 3 atom stereocenters. The van der Waals surface area contributed by atoms with Crippen molar-refractivity contribution < 1.29 is 33.7 Å². The van der Waals surface area contributed by atoms with E-state index in [4.69, 9.17) is 14.2 Å². The number of aryl methyl sites for hydroxylation is 1. The summed E-state index contributed by atoms with van der Waals surface area (Å²) in [6.45, 7) is 4.58. The Morgan fingerprint density at radius 3 is 2.56 bits per heavy atom. The van der Waals surface area contributed by atoms with Crippen molar-refractivity contribution in [1.82, 2.24) is 10.2 Å². The van der Waals surface area contributed by atoms with Gasteiger partial charge in [0.1, 0.15) is 6.04 Å². The van der Waals surface area contributed by atoms with E-state index >= 15 is 0 Å². The molecular weight excluding hydrogens is 416 g/mol. The molecular formula is C23H32N2O7. The highest BCUT2D eigenvalue weighted by Crippen LogP contribution is 2.36. The van der Waals surface area contributed by atoms with Gasteiger partial charge < -0.3 is 24.2 Å². The van der Waals surface area contributed by atoms with Gasteiger partial charge in [0.05, 0.1) is 25.9 Å². The second-order valence-corrected chi connectivity index (χ2v) is 8.10. The predicted octanol–water partition coefficient (Wildman–Crippen LogP) is 1.35. The highest BCUT2D eigenvalue weighted by atomic mass is 16.7. The summed E-state index contributed by atoms with van der Waals surface area (Å²) >= 11 is 0. The number of carboxylic acids is 1. The number of likely N-dealkylation sites (tertiary alicyclic amines) is 1. The van der Waals surface area contributed by atoms with Crippen LogP contribution >= 0.6 is 0 Å². The van der Waals surface area contributed by atoms with Crippen LogP contribution in [0.4, 0.5) is 0 Å². The molecule has 1 aromatic rings. The quantitative estimate of drug-likeness (QED) is 0.544. The number of nitrogens with zero attached hydrogens (tertiary/aromatic N) is 1. The molecule has 1 aromatic carbocycles. The molecule has 9 heteroatoms. The Hall–Kier alpha value is -2.49. The van der Waals surface area contributed by atoms with Crippen molar-refractivity contribution in [2.24, 2.45) is 0 Å². The molecule has 0 aromatic heterocycles. The lowest BCUT2D eigenvalue weighted by Gasteiger charge is -2.38. The summed E-state index contributed by atoms with van der Waals surface area (Å²) in [5, 5.41) is 12.9. The van der Waals surface area contributed by atoms with E-state index in [1.54, 1.807) is 13.8 Å². The average Bonchev–Trinajstić information content (AvgIpc) is 3.15. The summed E-state index contributed by atoms with van der Waals surface area (Å²) in [7, 11) is 0. The van der Waals surface area contributed by atoms with E-state index < -0.39 is 41.8 Å². The van der Waals surface area contributed by atoms with Gasteiger partial charge in [0.15, 0.2) is 6.04 Å². The van der Waals surface area contributed by atoms with Crippen molar-refractivity contribution in [3.8, 4) is 0 Å². The number of hydrogen-bond acceptors (Lipinski definition) is 7. The van der Waals surface area contributed by atoms with Crippen LogP contribution in [0.25, 0.3) is 0 Å². The first kappa shape index (κ1) is 24.2. The number of carboxylic acid groups (broad SMARTS) is 1. The van der Waals surface area contributed by atoms with Gasteiger partial charge in [0.25, 0.3) is 0 Å². The summed E-state index contributed by atoms with van der Waals surface area (Å²) < 4.78 is 16.6. The standard InChI is InChI=1S/C23H32N2O7/c1-3-30-22(29)18(11-10-17-8-5-4-6-9-17)24-16(2)20(26)25-13-12-23(19(25)21(27)28)31-14-7-15-32-23/h4-6,8-9,16,18-19,24H,3,7,10-15H2,1-2H3,(H,27,28)/t16-,18?,19?/m0/s1. The Balaban J connectivity index is 1.69. The fourth-order valence-electron chi connectivity index (χ4n) is 4.32. The summed E-state index contributed by atoms with van der Waals surface area (Å²) in [5.74, 6) is -3.33. The lowest BCUT2D eigenvalue weighted by molar-refractivity contribution is -0.274. The fourth-order valence-corrected chi connectivity index (χ4v) is 4.32. The molecule has 9 nitrogen and oxygen atoms in total. The molecule has 32 heavy (non-hydrogen) atoms. The van der Waals surface area contributed by atoms with Crippen molar-refractivity contribution >= 4 is 17.8 Å². The Morgan fingerprint density at radius 2 is 1.94 bits per heavy atom. The largest absolute Gasteiger partial charge is 0.480 e. The van der Waals surface area contributed by atoms with Crippen molar-refractivity contribution in [3.63, 3.8) is 0 Å². The third-order valence-electron chi connectivity index (χ3n) is 5.89. The van der Waals surface area contributed by atoms with Crippen molar-refractivity contribution in [2.75, 3.05) is 26.4 Å². The fraction of sp³-hybridized carbons (Fsp3) is 0.609. The number of benzene rings is 1. The maximum absolute atomic E-state index is 13.2. The van der Waals surface area contributed by atoms with Gasteiger partial charge in [-0.05, 0) is 38.7 Å². The number of carbonyl (C=O) groups is 3. The van der Waals surface area contributed by atoms with Crippen LogP contribution in [-0.2, 0) is 35.0 Å². The van der Waals surface area contributed by atoms with Crippen LogP contribution in [0.5, 0.6) is 0 Å². The SMILES string of the molecule is CCOC(=O)C(CCc1ccccc1)N[C@@H](C)C(=O)N1CCC2(OCCCO2)C1C(=O)O. The smallest absolute Gasteiger partial charge is 0.332 e. The van der Waals surface area contributed by atoms with Gasteiger partial charge in [-0.2, -0.15) is 0 Å². The first-order valence-electron chi connectivity index (χ1n) is 11.2. The minimum Gasteiger partial charge on any atom is -0.480 e. The summed E-state index contributed by atoms with van der Waals surface area (Å²) in [4.78, 5) is 39.0. The summed E-state index contributed by atoms with van der Waals surface area (Å²) in [6, 6.07) is 7.01. The second kappa shape index (κ2) is 10.9. The van der Waals surface area contributed by atoms with E-state index in [1.807, 2.05) is 30.3 Å². The van der Waals surface area contributed by atoms with Gasteiger partial charge in [-0.1, -0.05) is 30.3 Å². The number of ether oxygens (including phenoxy) is 3. The Kier molecular flexibility index (Phi) is 8.22. The number of aliphatic carboxylic acids is 1. The van der Waals surface area contributed by atoms with Gasteiger partial charge in [0.2, 0.25) is 11.7 Å². The van der Waals surface area contributed by atoms with E-state index in [0.717, 1.165) is 5.56 Å². The molecule has 0 bridgehead atoms. The Labute approximate surface area is 188 Å². The Bertz CT molecular complexity index is 795. The van der Waals surface area contributed by atoms with Crippen molar-refractivity contribution in [3.05, 3.63) is 35.9 Å². The first-order valence-corrected chi connectivity index (χ1v) is 11.2. The van der Waals surface area contributed by atoms with Crippen LogP contribution in [0.15, 0.2) is 30.3 Å². The molecule has 3 rings (SSSR count). The number of carbonyl (C=O) groups excluding carboxylic acids is 2. The minimum absolute atomic E-state index is 0.204. The van der Waals surface area contributed by atoms with E-state index in [0.29, 0.717) is 32.5 Å². The van der Waals surface area contributed by atoms with Gasteiger partial charge in [-0.3, -0.25) is 14.9 Å². The molecule has 0 aliphatic carbocycles. The molecule has 176 valence electrons. The first-order chi connectivity index (χ1) is 15.4. The van der Waals surface area contributed by atoms with Crippen molar-refractivity contribution in [1.29, 1.82) is 0 Å². The summed E-state index contributed by atoms with van der Waals surface area (Å²) in [6.07, 6.45) is 2.05. The lowest BCUT2D eigenvalue weighted by atomic mass is 10.0. The number of nitrogens with one attached hydrogen (secondary N) is 1. The zero-order chi connectivity index (χ0) is 23.1. The van der Waals surface area contributed by atoms with Gasteiger partial charge in [-0.25, -0.2) is 4.79 Å². The van der Waals surface area contributed by atoms with E-state index in [-0.39, 0.29) is 19.6 Å². The maximum Gasteiger partial charge on any atom is 0.332 e. The van der Waals surface area contributed by atoms with E-state index in [2.05, 4.69) is 5.32 Å². The van der Waals surface area contributed by atoms with E-state index in [1.165, 1.54) is 4.90 Å². The minimum atomic E-state index is -1.31. The average molecular weight is 449 g/mol. The molecule has 2 heterocycles. The molecule has 2 fully saturated rings. The van der Waals surface area contributed by atoms with Crippen LogP contribution in [0.2, 0.25) is 0 Å². The number of esters is 1. The Morgan fingerprint density at radius 1 is 1.25 bits per heavy atom. The highest BCUT2D eigenvalue weighted by molar-refractivity contribution is 5.88. The number of rotatable bonds is 9. The number of amides is 1. The molecule has 1 spiro atoms. The molecule has 2 aliphatic heterocycles. The molecule has 2 aliphatic rings. The molecule has 1 amide bonds. The van der Waals surface area contributed by atoms with Crippen LogP contribution < -0.4 is 5.32 Å². The third-order valence-corrected chi connectivity index (χ3v) is 5.89. The molecule has 0 radical (unpaired) electrons. The topological polar surface area (TPSA) is 114 Å². The van der Waals surface area contributed by atoms with Crippen molar-refractivity contribution in [2.45, 2.75) is 63.4 Å². The van der Waals surface area contributed by atoms with Gasteiger partial charge in [0, 0.05) is 13.0 Å². The molecule has 2 saturated heterocycles. The van der Waals surface area contributed by atoms with Gasteiger partial charge >= 0.3 is 11.9 Å². The predicted molar refractivity (Wildman–Crippen MR) is 115 cm³/mol. The monoisotopic (exact) mass is 448 g/mol. The molecule has 2 N–H and O–H groups in total. The second-order valence-electron chi connectivity index (χ2n) is 8.10. The lowest BCUT2D eigenvalue weighted by Crippen LogP contribution is -2.59. The summed E-state index contributed by atoms with van der Waals surface area (Å²) in [5.41, 5.74) is 1.07. The van der Waals surface area contributed by atoms with Gasteiger partial charge in [-0.15, -0.1) is 0 Å². The zero-order valence-corrected chi connectivity index (χ0v) is 18.6. The normalized spacial score (nSPS) is 21.8. The molecule has 0 saturated carbocycles. The maximum atomic E-state index is 13.2. The van der Waals surface area contributed by atoms with Crippen LogP contribution in [-0.4, -0.2) is 78.1 Å². The van der Waals surface area contributed by atoms with Crippen LogP contribution in [0, 0.1) is 0 Å². The number of hydrogen-bond donors (Lipinski definition) is 2. The zero-order valence-electron chi connectivity index (χ0n) is 18.6. The molecule has 2 unspecified atom stereocenters.